The van der Waals surface area contributed by atoms with Gasteiger partial charge in [-0.25, -0.2) is 0 Å². The van der Waals surface area contributed by atoms with Crippen LogP contribution < -0.4 is 5.73 Å². The SMILES string of the molecule is CCOC(=O)C(C)(N)CCOCCOC. The average molecular weight is 219 g/mol. The first-order valence-electron chi connectivity index (χ1n) is 5.07. The number of carbonyl (C=O) groups excluding carboxylic acids is 1. The standard InChI is InChI=1S/C10H21NO4/c1-4-15-9(12)10(2,11)5-6-14-8-7-13-3/h4-8,11H2,1-3H3. The van der Waals surface area contributed by atoms with E-state index in [1.165, 1.54) is 0 Å². The van der Waals surface area contributed by atoms with E-state index in [0.29, 0.717) is 32.8 Å². The zero-order valence-electron chi connectivity index (χ0n) is 9.75. The van der Waals surface area contributed by atoms with Gasteiger partial charge < -0.3 is 19.9 Å². The largest absolute Gasteiger partial charge is 0.465 e. The van der Waals surface area contributed by atoms with Gasteiger partial charge >= 0.3 is 5.97 Å². The molecule has 5 nitrogen and oxygen atoms in total. The fourth-order valence-corrected chi connectivity index (χ4v) is 0.927. The summed E-state index contributed by atoms with van der Waals surface area (Å²) in [6, 6.07) is 0. The Morgan fingerprint density at radius 1 is 1.33 bits per heavy atom. The van der Waals surface area contributed by atoms with E-state index in [0.717, 1.165) is 0 Å². The highest BCUT2D eigenvalue weighted by atomic mass is 16.5. The number of esters is 1. The van der Waals surface area contributed by atoms with Crippen molar-refractivity contribution in [3.05, 3.63) is 0 Å². The van der Waals surface area contributed by atoms with Gasteiger partial charge in [-0.1, -0.05) is 0 Å². The molecule has 0 amide bonds. The molecule has 90 valence electrons. The molecule has 0 aliphatic carbocycles. The van der Waals surface area contributed by atoms with Gasteiger partial charge in [-0.3, -0.25) is 4.79 Å². The molecule has 15 heavy (non-hydrogen) atoms. The molecule has 0 fully saturated rings. The summed E-state index contributed by atoms with van der Waals surface area (Å²) < 4.78 is 14.9. The second-order valence-corrected chi connectivity index (χ2v) is 3.49. The number of rotatable bonds is 8. The first-order chi connectivity index (χ1) is 7.04. The summed E-state index contributed by atoms with van der Waals surface area (Å²) in [5.41, 5.74) is 4.81. The van der Waals surface area contributed by atoms with Gasteiger partial charge in [-0.05, 0) is 20.3 Å². The van der Waals surface area contributed by atoms with Gasteiger partial charge in [0, 0.05) is 13.7 Å². The normalized spacial score (nSPS) is 14.7. The zero-order valence-corrected chi connectivity index (χ0v) is 9.75. The van der Waals surface area contributed by atoms with Gasteiger partial charge in [-0.2, -0.15) is 0 Å². The molecule has 1 atom stereocenters. The van der Waals surface area contributed by atoms with Crippen molar-refractivity contribution >= 4 is 5.97 Å². The molecule has 0 aliphatic heterocycles. The van der Waals surface area contributed by atoms with Gasteiger partial charge in [0.15, 0.2) is 0 Å². The van der Waals surface area contributed by atoms with E-state index >= 15 is 0 Å². The quantitative estimate of drug-likeness (QED) is 0.470. The summed E-state index contributed by atoms with van der Waals surface area (Å²) in [4.78, 5) is 11.4. The fraction of sp³-hybridized carbons (Fsp3) is 0.900. The molecule has 0 aromatic heterocycles. The topological polar surface area (TPSA) is 70.8 Å². The Morgan fingerprint density at radius 3 is 2.53 bits per heavy atom. The van der Waals surface area contributed by atoms with E-state index < -0.39 is 5.54 Å². The third-order valence-corrected chi connectivity index (χ3v) is 1.94. The summed E-state index contributed by atoms with van der Waals surface area (Å²) >= 11 is 0. The highest BCUT2D eigenvalue weighted by Gasteiger charge is 2.29. The van der Waals surface area contributed by atoms with Gasteiger partial charge in [0.1, 0.15) is 5.54 Å². The molecular weight excluding hydrogens is 198 g/mol. The lowest BCUT2D eigenvalue weighted by Crippen LogP contribution is -2.47. The number of hydrogen-bond donors (Lipinski definition) is 1. The van der Waals surface area contributed by atoms with Crippen molar-refractivity contribution in [3.63, 3.8) is 0 Å². The highest BCUT2D eigenvalue weighted by Crippen LogP contribution is 2.08. The molecule has 1 unspecified atom stereocenters. The Bertz CT molecular complexity index is 182. The van der Waals surface area contributed by atoms with Crippen molar-refractivity contribution in [2.45, 2.75) is 25.8 Å². The van der Waals surface area contributed by atoms with Crippen LogP contribution in [0.1, 0.15) is 20.3 Å². The molecule has 0 heterocycles. The van der Waals surface area contributed by atoms with Crippen molar-refractivity contribution in [1.29, 1.82) is 0 Å². The van der Waals surface area contributed by atoms with E-state index in [4.69, 9.17) is 19.9 Å². The molecule has 2 N–H and O–H groups in total. The lowest BCUT2D eigenvalue weighted by atomic mass is 10.0. The highest BCUT2D eigenvalue weighted by molar-refractivity contribution is 5.79. The lowest BCUT2D eigenvalue weighted by molar-refractivity contribution is -0.149. The van der Waals surface area contributed by atoms with Gasteiger partial charge in [0.25, 0.3) is 0 Å². The van der Waals surface area contributed by atoms with Crippen LogP contribution in [0.4, 0.5) is 0 Å². The molecule has 0 aliphatic rings. The maximum atomic E-state index is 11.4. The van der Waals surface area contributed by atoms with Crippen LogP contribution >= 0.6 is 0 Å². The Hall–Kier alpha value is -0.650. The number of hydrogen-bond acceptors (Lipinski definition) is 5. The van der Waals surface area contributed by atoms with Crippen LogP contribution in [-0.2, 0) is 19.0 Å². The zero-order chi connectivity index (χ0) is 11.7. The van der Waals surface area contributed by atoms with Gasteiger partial charge in [0.05, 0.1) is 19.8 Å². The monoisotopic (exact) mass is 219 g/mol. The second-order valence-electron chi connectivity index (χ2n) is 3.49. The van der Waals surface area contributed by atoms with Gasteiger partial charge in [0.2, 0.25) is 0 Å². The predicted octanol–water partition coefficient (Wildman–Crippen LogP) is 0.320. The minimum Gasteiger partial charge on any atom is -0.465 e. The maximum Gasteiger partial charge on any atom is 0.325 e. The third-order valence-electron chi connectivity index (χ3n) is 1.94. The molecule has 5 heteroatoms. The summed E-state index contributed by atoms with van der Waals surface area (Å²) in [5.74, 6) is -0.389. The van der Waals surface area contributed by atoms with Crippen LogP contribution in [0.25, 0.3) is 0 Å². The fourth-order valence-electron chi connectivity index (χ4n) is 0.927. The van der Waals surface area contributed by atoms with Crippen LogP contribution in [0.3, 0.4) is 0 Å². The van der Waals surface area contributed by atoms with Crippen LogP contribution in [-0.4, -0.2) is 45.0 Å². The summed E-state index contributed by atoms with van der Waals surface area (Å²) in [7, 11) is 1.61. The van der Waals surface area contributed by atoms with Crippen molar-refractivity contribution < 1.29 is 19.0 Å². The predicted molar refractivity (Wildman–Crippen MR) is 56.5 cm³/mol. The van der Waals surface area contributed by atoms with Crippen LogP contribution in [0, 0.1) is 0 Å². The molecule has 0 bridgehead atoms. The molecule has 0 radical (unpaired) electrons. The van der Waals surface area contributed by atoms with Gasteiger partial charge in [-0.15, -0.1) is 0 Å². The van der Waals surface area contributed by atoms with E-state index in [-0.39, 0.29) is 5.97 Å². The number of nitrogens with two attached hydrogens (primary N) is 1. The van der Waals surface area contributed by atoms with Crippen LogP contribution in [0.5, 0.6) is 0 Å². The summed E-state index contributed by atoms with van der Waals surface area (Å²) in [6.45, 7) is 5.22. The Labute approximate surface area is 90.9 Å². The van der Waals surface area contributed by atoms with E-state index in [9.17, 15) is 4.79 Å². The Kier molecular flexibility index (Phi) is 7.29. The minimum absolute atomic E-state index is 0.343. The average Bonchev–Trinajstić information content (AvgIpc) is 2.18. The third kappa shape index (κ3) is 6.43. The number of carbonyl (C=O) groups is 1. The number of methoxy groups -OCH3 is 1. The molecule has 0 rings (SSSR count). The summed E-state index contributed by atoms with van der Waals surface area (Å²) in [5, 5.41) is 0. The molecule has 0 saturated heterocycles. The molecule has 0 aromatic carbocycles. The molecular formula is C10H21NO4. The van der Waals surface area contributed by atoms with Crippen molar-refractivity contribution in [3.8, 4) is 0 Å². The number of ether oxygens (including phenoxy) is 3. The van der Waals surface area contributed by atoms with E-state index in [1.54, 1.807) is 21.0 Å². The molecule has 0 saturated carbocycles. The molecule has 0 spiro atoms. The lowest BCUT2D eigenvalue weighted by Gasteiger charge is -2.21. The first-order valence-corrected chi connectivity index (χ1v) is 5.07. The Balaban J connectivity index is 3.68. The minimum atomic E-state index is -0.969. The van der Waals surface area contributed by atoms with Crippen molar-refractivity contribution in [1.82, 2.24) is 0 Å². The molecule has 0 aromatic rings. The summed E-state index contributed by atoms with van der Waals surface area (Å²) in [6.07, 6.45) is 0.440. The van der Waals surface area contributed by atoms with Crippen LogP contribution in [0.2, 0.25) is 0 Å². The second kappa shape index (κ2) is 7.62. The Morgan fingerprint density at radius 2 is 2.00 bits per heavy atom. The van der Waals surface area contributed by atoms with E-state index in [2.05, 4.69) is 0 Å². The van der Waals surface area contributed by atoms with Crippen molar-refractivity contribution in [2.24, 2.45) is 5.73 Å². The van der Waals surface area contributed by atoms with Crippen molar-refractivity contribution in [2.75, 3.05) is 33.5 Å². The first kappa shape index (κ1) is 14.3. The van der Waals surface area contributed by atoms with E-state index in [1.807, 2.05) is 0 Å². The smallest absolute Gasteiger partial charge is 0.325 e. The maximum absolute atomic E-state index is 11.4. The van der Waals surface area contributed by atoms with Crippen LogP contribution in [0.15, 0.2) is 0 Å².